The summed E-state index contributed by atoms with van der Waals surface area (Å²) in [6.07, 6.45) is 2.00. The summed E-state index contributed by atoms with van der Waals surface area (Å²) >= 11 is 0. The maximum Gasteiger partial charge on any atom is 0.195 e. The number of ketones is 1. The number of phenolic OH excluding ortho intramolecular Hbond substituents is 1. The van der Waals surface area contributed by atoms with Crippen molar-refractivity contribution in [1.82, 2.24) is 0 Å². The number of para-hydroxylation sites is 1. The van der Waals surface area contributed by atoms with Gasteiger partial charge in [-0.15, -0.1) is 0 Å². The Kier molecular flexibility index (Phi) is 3.89. The maximum absolute atomic E-state index is 13.4. The summed E-state index contributed by atoms with van der Waals surface area (Å²) in [5.74, 6) is -5.06. The summed E-state index contributed by atoms with van der Waals surface area (Å²) < 4.78 is 39.1. The van der Waals surface area contributed by atoms with Gasteiger partial charge in [-0.2, -0.15) is 0 Å². The van der Waals surface area contributed by atoms with E-state index in [9.17, 15) is 23.1 Å². The summed E-state index contributed by atoms with van der Waals surface area (Å²) in [4.78, 5) is 11.8. The van der Waals surface area contributed by atoms with Gasteiger partial charge in [0.25, 0.3) is 0 Å². The van der Waals surface area contributed by atoms with Gasteiger partial charge in [-0.3, -0.25) is 4.79 Å². The van der Waals surface area contributed by atoms with Crippen molar-refractivity contribution in [3.8, 4) is 5.75 Å². The van der Waals surface area contributed by atoms with Crippen LogP contribution in [0.15, 0.2) is 42.5 Å². The molecule has 0 aromatic heterocycles. The van der Waals surface area contributed by atoms with E-state index in [-0.39, 0.29) is 16.9 Å². The van der Waals surface area contributed by atoms with Crippen molar-refractivity contribution in [2.45, 2.75) is 0 Å². The molecule has 0 amide bonds. The number of allylic oxidation sites excluding steroid dienone is 1. The average molecular weight is 278 g/mol. The molecule has 0 spiro atoms. The van der Waals surface area contributed by atoms with Crippen LogP contribution in [0.25, 0.3) is 6.08 Å². The van der Waals surface area contributed by atoms with Crippen LogP contribution in [0.4, 0.5) is 13.2 Å². The lowest BCUT2D eigenvalue weighted by molar-refractivity contribution is 0.104. The monoisotopic (exact) mass is 278 g/mol. The molecule has 0 aliphatic heterocycles. The fourth-order valence-electron chi connectivity index (χ4n) is 1.61. The van der Waals surface area contributed by atoms with Crippen molar-refractivity contribution in [2.75, 3.05) is 0 Å². The Balaban J connectivity index is 2.29. The third kappa shape index (κ3) is 2.71. The van der Waals surface area contributed by atoms with Crippen molar-refractivity contribution >= 4 is 11.9 Å². The molecule has 0 saturated heterocycles. The molecule has 5 heteroatoms. The first kappa shape index (κ1) is 13.9. The second-order valence-electron chi connectivity index (χ2n) is 3.98. The highest BCUT2D eigenvalue weighted by atomic mass is 19.2. The Morgan fingerprint density at radius 2 is 1.70 bits per heavy atom. The van der Waals surface area contributed by atoms with E-state index in [2.05, 4.69) is 0 Å². The molecule has 0 atom stereocenters. The maximum atomic E-state index is 13.4. The minimum absolute atomic E-state index is 0.0340. The third-order valence-electron chi connectivity index (χ3n) is 2.65. The zero-order chi connectivity index (χ0) is 14.7. The molecule has 0 aliphatic rings. The molecule has 2 aromatic carbocycles. The Hall–Kier alpha value is -2.56. The molecule has 0 fully saturated rings. The molecular weight excluding hydrogens is 269 g/mol. The number of carbonyl (C=O) groups is 1. The predicted molar refractivity (Wildman–Crippen MR) is 67.8 cm³/mol. The number of phenols is 1. The summed E-state index contributed by atoms with van der Waals surface area (Å²) in [7, 11) is 0. The van der Waals surface area contributed by atoms with Gasteiger partial charge < -0.3 is 5.11 Å². The molecule has 20 heavy (non-hydrogen) atoms. The van der Waals surface area contributed by atoms with Crippen LogP contribution in [0.2, 0.25) is 0 Å². The van der Waals surface area contributed by atoms with Gasteiger partial charge in [0.2, 0.25) is 0 Å². The molecule has 1 N–H and O–H groups in total. The van der Waals surface area contributed by atoms with E-state index >= 15 is 0 Å². The fourth-order valence-corrected chi connectivity index (χ4v) is 1.61. The lowest BCUT2D eigenvalue weighted by atomic mass is 10.1. The summed E-state index contributed by atoms with van der Waals surface area (Å²) in [5.41, 5.74) is -0.223. The highest BCUT2D eigenvalue weighted by Gasteiger charge is 2.12. The highest BCUT2D eigenvalue weighted by molar-refractivity contribution is 6.08. The lowest BCUT2D eigenvalue weighted by Gasteiger charge is -2.01. The Morgan fingerprint density at radius 1 is 1.00 bits per heavy atom. The number of carbonyl (C=O) groups excluding carboxylic acids is 1. The van der Waals surface area contributed by atoms with Crippen LogP contribution in [-0.2, 0) is 0 Å². The number of halogens is 3. The van der Waals surface area contributed by atoms with Gasteiger partial charge in [-0.25, -0.2) is 13.2 Å². The number of rotatable bonds is 3. The first-order chi connectivity index (χ1) is 9.50. The summed E-state index contributed by atoms with van der Waals surface area (Å²) in [5, 5.41) is 9.47. The van der Waals surface area contributed by atoms with Gasteiger partial charge in [0.1, 0.15) is 5.75 Å². The summed E-state index contributed by atoms with van der Waals surface area (Å²) in [6.45, 7) is 0. The molecular formula is C15H9F3O2. The molecule has 0 radical (unpaired) electrons. The first-order valence-corrected chi connectivity index (χ1v) is 5.64. The normalized spacial score (nSPS) is 10.9. The Labute approximate surface area is 112 Å². The van der Waals surface area contributed by atoms with Crippen molar-refractivity contribution in [2.24, 2.45) is 0 Å². The van der Waals surface area contributed by atoms with E-state index in [0.717, 1.165) is 24.3 Å². The molecule has 0 saturated carbocycles. The molecule has 0 heterocycles. The van der Waals surface area contributed by atoms with Crippen LogP contribution >= 0.6 is 0 Å². The molecule has 102 valence electrons. The van der Waals surface area contributed by atoms with Crippen LogP contribution in [0, 0.1) is 17.5 Å². The number of benzene rings is 2. The SMILES string of the molecule is O=C(/C=C/c1ccc(F)c(F)c1F)c1ccccc1O. The van der Waals surface area contributed by atoms with Crippen LogP contribution in [0.1, 0.15) is 15.9 Å². The minimum atomic E-state index is -1.60. The molecule has 0 bridgehead atoms. The molecule has 0 aliphatic carbocycles. The van der Waals surface area contributed by atoms with Crippen LogP contribution < -0.4 is 0 Å². The Morgan fingerprint density at radius 3 is 2.40 bits per heavy atom. The predicted octanol–water partition coefficient (Wildman–Crippen LogP) is 3.71. The van der Waals surface area contributed by atoms with E-state index in [0.29, 0.717) is 0 Å². The van der Waals surface area contributed by atoms with Crippen molar-refractivity contribution in [3.63, 3.8) is 0 Å². The van der Waals surface area contributed by atoms with E-state index in [1.807, 2.05) is 0 Å². The number of aromatic hydroxyl groups is 1. The van der Waals surface area contributed by atoms with Crippen molar-refractivity contribution in [3.05, 3.63) is 71.1 Å². The van der Waals surface area contributed by atoms with Gasteiger partial charge in [-0.05, 0) is 36.4 Å². The van der Waals surface area contributed by atoms with E-state index in [4.69, 9.17) is 0 Å². The van der Waals surface area contributed by atoms with Crippen LogP contribution in [0.3, 0.4) is 0 Å². The molecule has 2 rings (SSSR count). The van der Waals surface area contributed by atoms with Gasteiger partial charge in [0.15, 0.2) is 23.2 Å². The van der Waals surface area contributed by atoms with E-state index in [1.54, 1.807) is 12.1 Å². The topological polar surface area (TPSA) is 37.3 Å². The van der Waals surface area contributed by atoms with Crippen LogP contribution in [-0.4, -0.2) is 10.9 Å². The third-order valence-corrected chi connectivity index (χ3v) is 2.65. The van der Waals surface area contributed by atoms with Crippen LogP contribution in [0.5, 0.6) is 5.75 Å². The van der Waals surface area contributed by atoms with E-state index in [1.165, 1.54) is 12.1 Å². The second-order valence-corrected chi connectivity index (χ2v) is 3.98. The van der Waals surface area contributed by atoms with Gasteiger partial charge in [0, 0.05) is 5.56 Å². The fraction of sp³-hybridized carbons (Fsp3) is 0. The first-order valence-electron chi connectivity index (χ1n) is 5.64. The summed E-state index contributed by atoms with van der Waals surface area (Å²) in [6, 6.07) is 7.61. The minimum Gasteiger partial charge on any atom is -0.507 e. The zero-order valence-corrected chi connectivity index (χ0v) is 10.1. The number of hydrogen-bond acceptors (Lipinski definition) is 2. The quantitative estimate of drug-likeness (QED) is 0.528. The van der Waals surface area contributed by atoms with Gasteiger partial charge in [-0.1, -0.05) is 12.1 Å². The molecule has 2 aromatic rings. The van der Waals surface area contributed by atoms with Gasteiger partial charge in [0.05, 0.1) is 5.56 Å². The van der Waals surface area contributed by atoms with Crippen molar-refractivity contribution in [1.29, 1.82) is 0 Å². The zero-order valence-electron chi connectivity index (χ0n) is 10.1. The standard InChI is InChI=1S/C15H9F3O2/c16-11-7-5-9(14(17)15(11)18)6-8-13(20)10-3-1-2-4-12(10)19/h1-8,19H/b8-6+. The van der Waals surface area contributed by atoms with Crippen molar-refractivity contribution < 1.29 is 23.1 Å². The lowest BCUT2D eigenvalue weighted by Crippen LogP contribution is -1.96. The van der Waals surface area contributed by atoms with E-state index < -0.39 is 23.2 Å². The average Bonchev–Trinajstić information content (AvgIpc) is 2.44. The smallest absolute Gasteiger partial charge is 0.195 e. The second kappa shape index (κ2) is 5.61. The highest BCUT2D eigenvalue weighted by Crippen LogP contribution is 2.19. The molecule has 0 unspecified atom stereocenters. The largest absolute Gasteiger partial charge is 0.507 e. The number of hydrogen-bond donors (Lipinski definition) is 1. The Bertz CT molecular complexity index is 694. The molecule has 2 nitrogen and oxygen atoms in total. The van der Waals surface area contributed by atoms with Gasteiger partial charge >= 0.3 is 0 Å².